The van der Waals surface area contributed by atoms with Gasteiger partial charge in [-0.3, -0.25) is 4.79 Å². The van der Waals surface area contributed by atoms with Crippen molar-refractivity contribution in [1.29, 1.82) is 0 Å². The van der Waals surface area contributed by atoms with Gasteiger partial charge < -0.3 is 10.0 Å². The summed E-state index contributed by atoms with van der Waals surface area (Å²) >= 11 is 0. The summed E-state index contributed by atoms with van der Waals surface area (Å²) in [4.78, 5) is 14.0. The summed E-state index contributed by atoms with van der Waals surface area (Å²) < 4.78 is 0. The summed E-state index contributed by atoms with van der Waals surface area (Å²) in [6.07, 6.45) is 5.20. The lowest BCUT2D eigenvalue weighted by Gasteiger charge is -2.34. The summed E-state index contributed by atoms with van der Waals surface area (Å²) in [6.45, 7) is 7.78. The molecule has 1 N–H and O–H groups in total. The van der Waals surface area contributed by atoms with E-state index >= 15 is 0 Å². The first-order valence-electron chi connectivity index (χ1n) is 6.97. The Bertz CT molecular complexity index is 245. The van der Waals surface area contributed by atoms with Gasteiger partial charge in [0.2, 0.25) is 5.91 Å². The number of carbonyl (C=O) groups is 1. The zero-order chi connectivity index (χ0) is 12.9. The van der Waals surface area contributed by atoms with Crippen LogP contribution in [0.1, 0.15) is 59.3 Å². The smallest absolute Gasteiger partial charge is 0.225 e. The van der Waals surface area contributed by atoms with Crippen molar-refractivity contribution in [2.45, 2.75) is 64.9 Å². The maximum Gasteiger partial charge on any atom is 0.225 e. The summed E-state index contributed by atoms with van der Waals surface area (Å²) in [5.41, 5.74) is -0.722. The van der Waals surface area contributed by atoms with E-state index in [1.54, 1.807) is 0 Å². The minimum Gasteiger partial charge on any atom is -0.389 e. The molecule has 1 fully saturated rings. The highest BCUT2D eigenvalue weighted by Gasteiger charge is 2.33. The van der Waals surface area contributed by atoms with Gasteiger partial charge in [-0.15, -0.1) is 0 Å². The van der Waals surface area contributed by atoms with Crippen molar-refractivity contribution in [2.75, 3.05) is 13.1 Å². The fraction of sp³-hybridized carbons (Fsp3) is 0.929. The van der Waals surface area contributed by atoms with Crippen molar-refractivity contribution in [2.24, 2.45) is 5.92 Å². The average molecular weight is 241 g/mol. The van der Waals surface area contributed by atoms with E-state index in [0.29, 0.717) is 12.3 Å². The normalized spacial score (nSPS) is 19.4. The van der Waals surface area contributed by atoms with Crippen molar-refractivity contribution >= 4 is 5.91 Å². The molecule has 0 spiro atoms. The van der Waals surface area contributed by atoms with Crippen LogP contribution in [0.3, 0.4) is 0 Å². The molecule has 100 valence electrons. The Morgan fingerprint density at radius 1 is 1.29 bits per heavy atom. The summed E-state index contributed by atoms with van der Waals surface area (Å²) in [5.74, 6) is 0.602. The van der Waals surface area contributed by atoms with Gasteiger partial charge in [-0.05, 0) is 25.7 Å². The third kappa shape index (κ3) is 4.66. The molecule has 3 heteroatoms. The number of amides is 1. The molecular weight excluding hydrogens is 214 g/mol. The molecule has 3 nitrogen and oxygen atoms in total. The van der Waals surface area contributed by atoms with E-state index in [2.05, 4.69) is 13.8 Å². The molecule has 1 aliphatic rings. The van der Waals surface area contributed by atoms with Crippen LogP contribution < -0.4 is 0 Å². The number of carbonyl (C=O) groups excluding carboxylic acids is 1. The molecule has 17 heavy (non-hydrogen) atoms. The van der Waals surface area contributed by atoms with Crippen molar-refractivity contribution in [3.05, 3.63) is 0 Å². The van der Waals surface area contributed by atoms with Crippen LogP contribution in [0.5, 0.6) is 0 Å². The van der Waals surface area contributed by atoms with Crippen molar-refractivity contribution in [3.8, 4) is 0 Å². The highest BCUT2D eigenvalue weighted by molar-refractivity contribution is 5.77. The molecule has 1 amide bonds. The third-order valence-electron chi connectivity index (χ3n) is 3.58. The molecule has 0 unspecified atom stereocenters. The van der Waals surface area contributed by atoms with Crippen LogP contribution in [0.15, 0.2) is 0 Å². The average Bonchev–Trinajstić information content (AvgIpc) is 2.25. The second-order valence-electron chi connectivity index (χ2n) is 5.79. The Hall–Kier alpha value is -0.570. The first-order valence-corrected chi connectivity index (χ1v) is 6.97. The van der Waals surface area contributed by atoms with Gasteiger partial charge in [0.05, 0.1) is 12.0 Å². The Balaban J connectivity index is 2.50. The van der Waals surface area contributed by atoms with Crippen molar-refractivity contribution in [3.63, 3.8) is 0 Å². The molecular formula is C14H27NO2. The third-order valence-corrected chi connectivity index (χ3v) is 3.58. The maximum atomic E-state index is 12.1. The molecule has 0 atom stereocenters. The van der Waals surface area contributed by atoms with E-state index in [1.165, 1.54) is 6.42 Å². The second kappa shape index (κ2) is 6.39. The van der Waals surface area contributed by atoms with Crippen LogP contribution in [0.25, 0.3) is 0 Å². The fourth-order valence-electron chi connectivity index (χ4n) is 2.63. The van der Waals surface area contributed by atoms with Crippen molar-refractivity contribution in [1.82, 2.24) is 4.90 Å². The van der Waals surface area contributed by atoms with Crippen LogP contribution in [-0.2, 0) is 4.79 Å². The minimum absolute atomic E-state index is 0.116. The SMILES string of the molecule is CCN(CC(C)C)C(=O)CC1(O)CCCCC1. The lowest BCUT2D eigenvalue weighted by molar-refractivity contribution is -0.138. The standard InChI is InChI=1S/C14H27NO2/c1-4-15(11-12(2)3)13(16)10-14(17)8-6-5-7-9-14/h12,17H,4-11H2,1-3H3. The number of aliphatic hydroxyl groups is 1. The highest BCUT2D eigenvalue weighted by atomic mass is 16.3. The van der Waals surface area contributed by atoms with E-state index in [0.717, 1.165) is 38.8 Å². The Labute approximate surface area is 105 Å². The van der Waals surface area contributed by atoms with Gasteiger partial charge in [0, 0.05) is 13.1 Å². The van der Waals surface area contributed by atoms with E-state index in [1.807, 2.05) is 11.8 Å². The second-order valence-corrected chi connectivity index (χ2v) is 5.79. The molecule has 0 radical (unpaired) electrons. The van der Waals surface area contributed by atoms with Crippen LogP contribution in [0.2, 0.25) is 0 Å². The molecule has 0 aromatic carbocycles. The lowest BCUT2D eigenvalue weighted by atomic mass is 9.82. The zero-order valence-electron chi connectivity index (χ0n) is 11.5. The van der Waals surface area contributed by atoms with Crippen molar-refractivity contribution < 1.29 is 9.90 Å². The van der Waals surface area contributed by atoms with E-state index < -0.39 is 5.60 Å². The van der Waals surface area contributed by atoms with Gasteiger partial charge in [0.15, 0.2) is 0 Å². The van der Waals surface area contributed by atoms with Crippen LogP contribution >= 0.6 is 0 Å². The quantitative estimate of drug-likeness (QED) is 0.803. The van der Waals surface area contributed by atoms with Crippen LogP contribution in [-0.4, -0.2) is 34.6 Å². The van der Waals surface area contributed by atoms with Gasteiger partial charge in [-0.1, -0.05) is 33.1 Å². The van der Waals surface area contributed by atoms with E-state index in [4.69, 9.17) is 0 Å². The van der Waals surface area contributed by atoms with Gasteiger partial charge in [0.1, 0.15) is 0 Å². The minimum atomic E-state index is -0.722. The number of nitrogens with zero attached hydrogens (tertiary/aromatic N) is 1. The topological polar surface area (TPSA) is 40.5 Å². The van der Waals surface area contributed by atoms with Gasteiger partial charge >= 0.3 is 0 Å². The lowest BCUT2D eigenvalue weighted by Crippen LogP contribution is -2.41. The van der Waals surface area contributed by atoms with Gasteiger partial charge in [-0.2, -0.15) is 0 Å². The first-order chi connectivity index (χ1) is 7.97. The maximum absolute atomic E-state index is 12.1. The summed E-state index contributed by atoms with van der Waals surface area (Å²) in [7, 11) is 0. The van der Waals surface area contributed by atoms with Crippen LogP contribution in [0, 0.1) is 5.92 Å². The molecule has 0 heterocycles. The van der Waals surface area contributed by atoms with Gasteiger partial charge in [0.25, 0.3) is 0 Å². The fourth-order valence-corrected chi connectivity index (χ4v) is 2.63. The largest absolute Gasteiger partial charge is 0.389 e. The van der Waals surface area contributed by atoms with Gasteiger partial charge in [-0.25, -0.2) is 0 Å². The monoisotopic (exact) mass is 241 g/mol. The Kier molecular flexibility index (Phi) is 5.44. The highest BCUT2D eigenvalue weighted by Crippen LogP contribution is 2.31. The Morgan fingerprint density at radius 2 is 1.88 bits per heavy atom. The summed E-state index contributed by atoms with van der Waals surface area (Å²) in [6, 6.07) is 0. The predicted octanol–water partition coefficient (Wildman–Crippen LogP) is 2.58. The molecule has 0 aliphatic heterocycles. The molecule has 0 bridgehead atoms. The van der Waals surface area contributed by atoms with Crippen LogP contribution in [0.4, 0.5) is 0 Å². The number of rotatable bonds is 5. The van der Waals surface area contributed by atoms with E-state index in [9.17, 15) is 9.90 Å². The molecule has 0 aromatic heterocycles. The zero-order valence-corrected chi connectivity index (χ0v) is 11.5. The predicted molar refractivity (Wildman–Crippen MR) is 69.7 cm³/mol. The first kappa shape index (κ1) is 14.5. The molecule has 0 saturated heterocycles. The Morgan fingerprint density at radius 3 is 2.35 bits per heavy atom. The number of hydrogen-bond donors (Lipinski definition) is 1. The van der Waals surface area contributed by atoms with E-state index in [-0.39, 0.29) is 5.91 Å². The molecule has 1 aliphatic carbocycles. The molecule has 1 rings (SSSR count). The number of hydrogen-bond acceptors (Lipinski definition) is 2. The summed E-state index contributed by atoms with van der Waals surface area (Å²) in [5, 5.41) is 10.4. The molecule has 0 aromatic rings. The molecule has 1 saturated carbocycles.